The Labute approximate surface area is 171 Å². The third-order valence-electron chi connectivity index (χ3n) is 4.55. The molecule has 152 valence electrons. The normalized spacial score (nSPS) is 17.6. The van der Waals surface area contributed by atoms with Crippen LogP contribution < -0.4 is 5.32 Å². The van der Waals surface area contributed by atoms with Crippen LogP contribution in [0.5, 0.6) is 0 Å². The van der Waals surface area contributed by atoms with Crippen molar-refractivity contribution in [3.63, 3.8) is 0 Å². The predicted octanol–water partition coefficient (Wildman–Crippen LogP) is 2.32. The van der Waals surface area contributed by atoms with Gasteiger partial charge >= 0.3 is 5.97 Å². The summed E-state index contributed by atoms with van der Waals surface area (Å²) in [4.78, 5) is 16.3. The second-order valence-corrected chi connectivity index (χ2v) is 8.18. The van der Waals surface area contributed by atoms with Crippen molar-refractivity contribution < 1.29 is 17.9 Å². The summed E-state index contributed by atoms with van der Waals surface area (Å²) in [5.74, 6) is -0.530. The van der Waals surface area contributed by atoms with Gasteiger partial charge in [0.05, 0.1) is 23.1 Å². The van der Waals surface area contributed by atoms with Gasteiger partial charge in [0.2, 0.25) is 10.0 Å². The highest BCUT2D eigenvalue weighted by atomic mass is 35.5. The Bertz CT molecular complexity index is 922. The molecule has 0 aliphatic carbocycles. The number of piperazine rings is 1. The fourth-order valence-corrected chi connectivity index (χ4v) is 5.04. The molecule has 28 heavy (non-hydrogen) atoms. The first-order chi connectivity index (χ1) is 12.9. The molecule has 0 amide bonds. The highest BCUT2D eigenvalue weighted by Crippen LogP contribution is 2.30. The van der Waals surface area contributed by atoms with Gasteiger partial charge in [0.1, 0.15) is 0 Å². The smallest absolute Gasteiger partial charge is 0.338 e. The maximum Gasteiger partial charge on any atom is 0.338 e. The van der Waals surface area contributed by atoms with Gasteiger partial charge in [-0.2, -0.15) is 4.31 Å². The second-order valence-electron chi connectivity index (χ2n) is 6.32. The molecule has 0 bridgehead atoms. The Morgan fingerprint density at radius 2 is 2.14 bits per heavy atom. The van der Waals surface area contributed by atoms with E-state index in [4.69, 9.17) is 4.74 Å². The number of esters is 1. The number of sulfonamides is 1. The van der Waals surface area contributed by atoms with Crippen LogP contribution >= 0.6 is 12.4 Å². The molecule has 1 aromatic carbocycles. The summed E-state index contributed by atoms with van der Waals surface area (Å²) in [5.41, 5.74) is 1.65. The Kier molecular flexibility index (Phi) is 7.54. The van der Waals surface area contributed by atoms with Crippen LogP contribution in [0.25, 0.3) is 0 Å². The zero-order valence-electron chi connectivity index (χ0n) is 15.8. The number of carbonyl (C=O) groups excluding carboxylic acids is 1. The molecule has 1 N–H and O–H groups in total. The van der Waals surface area contributed by atoms with Gasteiger partial charge in [0, 0.05) is 32.0 Å². The van der Waals surface area contributed by atoms with Crippen molar-refractivity contribution in [3.05, 3.63) is 59.4 Å². The number of nitrogens with one attached hydrogen (secondary N) is 1. The van der Waals surface area contributed by atoms with Crippen molar-refractivity contribution in [2.75, 3.05) is 26.2 Å². The number of hydrogen-bond acceptors (Lipinski definition) is 6. The Morgan fingerprint density at radius 3 is 2.82 bits per heavy atom. The lowest BCUT2D eigenvalue weighted by Gasteiger charge is -2.35. The van der Waals surface area contributed by atoms with Crippen LogP contribution in [-0.2, 0) is 14.8 Å². The van der Waals surface area contributed by atoms with Crippen LogP contribution in [0.3, 0.4) is 0 Å². The van der Waals surface area contributed by atoms with E-state index in [1.807, 2.05) is 6.07 Å². The molecule has 3 rings (SSSR count). The summed E-state index contributed by atoms with van der Waals surface area (Å²) in [5, 5.41) is 3.24. The lowest BCUT2D eigenvalue weighted by Crippen LogP contribution is -2.48. The van der Waals surface area contributed by atoms with Crippen molar-refractivity contribution in [1.82, 2.24) is 14.6 Å². The average Bonchev–Trinajstić information content (AvgIpc) is 2.69. The predicted molar refractivity (Wildman–Crippen MR) is 108 cm³/mol. The van der Waals surface area contributed by atoms with E-state index in [0.717, 1.165) is 5.56 Å². The van der Waals surface area contributed by atoms with Gasteiger partial charge < -0.3 is 10.1 Å². The highest BCUT2D eigenvalue weighted by molar-refractivity contribution is 7.89. The first-order valence-electron chi connectivity index (χ1n) is 8.85. The molecule has 1 atom stereocenters. The summed E-state index contributed by atoms with van der Waals surface area (Å²) in [6, 6.07) is 7.94. The Morgan fingerprint density at radius 1 is 1.36 bits per heavy atom. The molecular weight excluding hydrogens is 402 g/mol. The van der Waals surface area contributed by atoms with Crippen LogP contribution in [0, 0.1) is 6.92 Å². The molecule has 1 saturated heterocycles. The summed E-state index contributed by atoms with van der Waals surface area (Å²) in [6.07, 6.45) is 3.34. The Balaban J connectivity index is 0.00000280. The van der Waals surface area contributed by atoms with E-state index < -0.39 is 16.0 Å². The summed E-state index contributed by atoms with van der Waals surface area (Å²) >= 11 is 0. The molecule has 1 unspecified atom stereocenters. The number of rotatable bonds is 5. The first kappa shape index (κ1) is 22.3. The largest absolute Gasteiger partial charge is 0.462 e. The van der Waals surface area contributed by atoms with Gasteiger partial charge in [0.25, 0.3) is 0 Å². The van der Waals surface area contributed by atoms with Gasteiger partial charge in [0.15, 0.2) is 0 Å². The first-order valence-corrected chi connectivity index (χ1v) is 10.3. The summed E-state index contributed by atoms with van der Waals surface area (Å²) in [7, 11) is -3.80. The molecule has 2 heterocycles. The highest BCUT2D eigenvalue weighted by Gasteiger charge is 2.35. The van der Waals surface area contributed by atoms with Gasteiger partial charge in [-0.05, 0) is 43.2 Å². The second kappa shape index (κ2) is 9.47. The quantitative estimate of drug-likeness (QED) is 0.739. The van der Waals surface area contributed by atoms with E-state index in [2.05, 4.69) is 10.3 Å². The molecule has 2 aromatic rings. The topological polar surface area (TPSA) is 88.6 Å². The van der Waals surface area contributed by atoms with Crippen molar-refractivity contribution in [3.8, 4) is 0 Å². The van der Waals surface area contributed by atoms with Crippen molar-refractivity contribution in [2.45, 2.75) is 24.8 Å². The van der Waals surface area contributed by atoms with E-state index in [1.54, 1.807) is 44.4 Å². The number of nitrogens with zero attached hydrogens (tertiary/aromatic N) is 2. The third kappa shape index (κ3) is 4.52. The number of ether oxygens (including phenoxy) is 1. The van der Waals surface area contributed by atoms with E-state index in [0.29, 0.717) is 25.2 Å². The van der Waals surface area contributed by atoms with E-state index in [1.165, 1.54) is 10.4 Å². The van der Waals surface area contributed by atoms with Crippen molar-refractivity contribution in [1.29, 1.82) is 0 Å². The molecular formula is C19H24ClN3O4S. The fraction of sp³-hybridized carbons (Fsp3) is 0.368. The lowest BCUT2D eigenvalue weighted by atomic mass is 10.1. The van der Waals surface area contributed by atoms with E-state index in [-0.39, 0.29) is 35.5 Å². The maximum atomic E-state index is 13.5. The molecule has 1 aliphatic rings. The number of benzene rings is 1. The van der Waals surface area contributed by atoms with Crippen LogP contribution in [0.4, 0.5) is 0 Å². The number of aromatic nitrogens is 1. The molecule has 0 spiro atoms. The molecule has 0 saturated carbocycles. The number of halogens is 1. The molecule has 1 fully saturated rings. The van der Waals surface area contributed by atoms with Crippen LogP contribution in [0.1, 0.15) is 34.5 Å². The Hall–Kier alpha value is -2.00. The van der Waals surface area contributed by atoms with Crippen LogP contribution in [0.15, 0.2) is 47.6 Å². The zero-order valence-corrected chi connectivity index (χ0v) is 17.4. The zero-order chi connectivity index (χ0) is 19.4. The van der Waals surface area contributed by atoms with Crippen molar-refractivity contribution in [2.24, 2.45) is 0 Å². The van der Waals surface area contributed by atoms with Crippen LogP contribution in [-0.4, -0.2) is 49.9 Å². The molecule has 1 aromatic heterocycles. The van der Waals surface area contributed by atoms with Gasteiger partial charge in [-0.15, -0.1) is 12.4 Å². The van der Waals surface area contributed by atoms with E-state index >= 15 is 0 Å². The molecule has 9 heteroatoms. The number of pyridine rings is 1. The minimum atomic E-state index is -3.80. The average molecular weight is 426 g/mol. The lowest BCUT2D eigenvalue weighted by molar-refractivity contribution is 0.0526. The van der Waals surface area contributed by atoms with E-state index in [9.17, 15) is 13.2 Å². The van der Waals surface area contributed by atoms with Crippen molar-refractivity contribution >= 4 is 28.4 Å². The molecule has 7 nitrogen and oxygen atoms in total. The molecule has 0 radical (unpaired) electrons. The fourth-order valence-electron chi connectivity index (χ4n) is 3.18. The maximum absolute atomic E-state index is 13.5. The molecule has 1 aliphatic heterocycles. The number of carbonyl (C=O) groups is 1. The summed E-state index contributed by atoms with van der Waals surface area (Å²) < 4.78 is 33.4. The minimum absolute atomic E-state index is 0. The minimum Gasteiger partial charge on any atom is -0.462 e. The SMILES string of the molecule is CCOC(=O)c1ccc(C)c(S(=O)(=O)N2CCNCC2c2cccnc2)c1.Cl. The van der Waals surface area contributed by atoms with Gasteiger partial charge in [-0.25, -0.2) is 13.2 Å². The summed E-state index contributed by atoms with van der Waals surface area (Å²) in [6.45, 7) is 5.07. The monoisotopic (exact) mass is 425 g/mol. The third-order valence-corrected chi connectivity index (χ3v) is 6.60. The standard InChI is InChI=1S/C19H23N3O4S.ClH/c1-3-26-19(23)15-7-6-14(2)18(11-15)27(24,25)22-10-9-21-13-17(22)16-5-4-8-20-12-16;/h4-8,11-12,17,21H,3,9-10,13H2,1-2H3;1H. The number of aryl methyl sites for hydroxylation is 1. The van der Waals surface area contributed by atoms with Gasteiger partial charge in [-0.3, -0.25) is 4.98 Å². The van der Waals surface area contributed by atoms with Gasteiger partial charge in [-0.1, -0.05) is 12.1 Å². The number of hydrogen-bond donors (Lipinski definition) is 1. The van der Waals surface area contributed by atoms with Crippen LogP contribution in [0.2, 0.25) is 0 Å².